The zero-order chi connectivity index (χ0) is 12.5. The first-order valence-corrected chi connectivity index (χ1v) is 5.75. The van der Waals surface area contributed by atoms with Crippen LogP contribution in [0.25, 0.3) is 0 Å². The van der Waals surface area contributed by atoms with Gasteiger partial charge in [-0.15, -0.1) is 11.6 Å². The highest BCUT2D eigenvalue weighted by atomic mass is 35.5. The molecule has 0 atom stereocenters. The first-order chi connectivity index (χ1) is 8.26. The second kappa shape index (κ2) is 7.86. The third-order valence-electron chi connectivity index (χ3n) is 1.93. The lowest BCUT2D eigenvalue weighted by Crippen LogP contribution is -2.28. The molecule has 94 valence electrons. The van der Waals surface area contributed by atoms with Crippen LogP contribution in [0.2, 0.25) is 0 Å². The highest BCUT2D eigenvalue weighted by Crippen LogP contribution is 2.12. The van der Waals surface area contributed by atoms with Crippen LogP contribution in [-0.4, -0.2) is 31.3 Å². The van der Waals surface area contributed by atoms with E-state index in [2.05, 4.69) is 10.3 Å². The number of nitrogens with one attached hydrogen (secondary N) is 1. The minimum Gasteiger partial charge on any atom is -0.410 e. The minimum atomic E-state index is -0.493. The normalized spacial score (nSPS) is 10.0. The molecule has 1 aromatic rings. The van der Waals surface area contributed by atoms with E-state index in [4.69, 9.17) is 21.1 Å². The molecule has 0 fully saturated rings. The molecule has 0 saturated heterocycles. The van der Waals surface area contributed by atoms with Gasteiger partial charge in [-0.2, -0.15) is 0 Å². The standard InChI is InChI=1S/C11H15ClN2O3/c1-16-6-2-4-14-11(15)17-10-3-5-13-9(7-10)8-12/h3,5,7H,2,4,6,8H2,1H3,(H,14,15). The lowest BCUT2D eigenvalue weighted by molar-refractivity contribution is 0.185. The Bertz CT molecular complexity index is 360. The lowest BCUT2D eigenvalue weighted by Gasteiger charge is -2.06. The van der Waals surface area contributed by atoms with Gasteiger partial charge in [0.2, 0.25) is 0 Å². The summed E-state index contributed by atoms with van der Waals surface area (Å²) in [6.45, 7) is 1.12. The van der Waals surface area contributed by atoms with Gasteiger partial charge in [-0.05, 0) is 12.5 Å². The predicted octanol–water partition coefficient (Wildman–Crippen LogP) is 1.95. The molecule has 17 heavy (non-hydrogen) atoms. The van der Waals surface area contributed by atoms with E-state index in [1.165, 1.54) is 0 Å². The average Bonchev–Trinajstić information content (AvgIpc) is 2.35. The molecule has 0 aliphatic rings. The molecule has 1 N–H and O–H groups in total. The van der Waals surface area contributed by atoms with Crippen LogP contribution in [0.4, 0.5) is 4.79 Å². The molecular formula is C11H15ClN2O3. The van der Waals surface area contributed by atoms with Crippen molar-refractivity contribution in [3.05, 3.63) is 24.0 Å². The van der Waals surface area contributed by atoms with Crippen molar-refractivity contribution in [1.29, 1.82) is 0 Å². The Hall–Kier alpha value is -1.33. The summed E-state index contributed by atoms with van der Waals surface area (Å²) in [5.74, 6) is 0.715. The number of aromatic nitrogens is 1. The van der Waals surface area contributed by atoms with Crippen LogP contribution in [-0.2, 0) is 10.6 Å². The third kappa shape index (κ3) is 5.51. The number of nitrogens with zero attached hydrogens (tertiary/aromatic N) is 1. The maximum absolute atomic E-state index is 11.3. The number of pyridine rings is 1. The van der Waals surface area contributed by atoms with E-state index in [0.717, 1.165) is 6.42 Å². The van der Waals surface area contributed by atoms with Crippen LogP contribution in [0.3, 0.4) is 0 Å². The van der Waals surface area contributed by atoms with Crippen molar-refractivity contribution in [2.24, 2.45) is 0 Å². The van der Waals surface area contributed by atoms with Crippen LogP contribution in [0.5, 0.6) is 5.75 Å². The van der Waals surface area contributed by atoms with Gasteiger partial charge in [0, 0.05) is 32.5 Å². The lowest BCUT2D eigenvalue weighted by atomic mass is 10.3. The molecule has 0 unspecified atom stereocenters. The van der Waals surface area contributed by atoms with E-state index in [1.807, 2.05) is 0 Å². The topological polar surface area (TPSA) is 60.5 Å². The molecule has 0 radical (unpaired) electrons. The van der Waals surface area contributed by atoms with E-state index >= 15 is 0 Å². The molecule has 6 heteroatoms. The van der Waals surface area contributed by atoms with Gasteiger partial charge in [0.1, 0.15) is 5.75 Å². The molecule has 0 aliphatic heterocycles. The molecule has 1 aromatic heterocycles. The van der Waals surface area contributed by atoms with Crippen molar-refractivity contribution in [2.45, 2.75) is 12.3 Å². The Morgan fingerprint density at radius 1 is 1.59 bits per heavy atom. The molecule has 0 aliphatic carbocycles. The van der Waals surface area contributed by atoms with Gasteiger partial charge in [0.05, 0.1) is 11.6 Å². The molecule has 0 saturated carbocycles. The number of amides is 1. The number of carbonyl (C=O) groups is 1. The van der Waals surface area contributed by atoms with Crippen LogP contribution in [0, 0.1) is 0 Å². The van der Waals surface area contributed by atoms with Crippen LogP contribution in [0.15, 0.2) is 18.3 Å². The van der Waals surface area contributed by atoms with Gasteiger partial charge in [-0.25, -0.2) is 4.79 Å². The van der Waals surface area contributed by atoms with Gasteiger partial charge < -0.3 is 14.8 Å². The molecule has 0 spiro atoms. The molecule has 1 rings (SSSR count). The maximum Gasteiger partial charge on any atom is 0.412 e. The van der Waals surface area contributed by atoms with E-state index in [0.29, 0.717) is 24.6 Å². The first kappa shape index (κ1) is 13.7. The maximum atomic E-state index is 11.3. The predicted molar refractivity (Wildman–Crippen MR) is 64.3 cm³/mol. The number of rotatable bonds is 6. The Morgan fingerprint density at radius 2 is 2.41 bits per heavy atom. The Balaban J connectivity index is 2.34. The highest BCUT2D eigenvalue weighted by Gasteiger charge is 2.04. The fourth-order valence-electron chi connectivity index (χ4n) is 1.14. The van der Waals surface area contributed by atoms with Crippen molar-refractivity contribution < 1.29 is 14.3 Å². The van der Waals surface area contributed by atoms with Crippen molar-refractivity contribution in [2.75, 3.05) is 20.3 Å². The summed E-state index contributed by atoms with van der Waals surface area (Å²) in [5.41, 5.74) is 0.663. The summed E-state index contributed by atoms with van der Waals surface area (Å²) in [5, 5.41) is 2.61. The summed E-state index contributed by atoms with van der Waals surface area (Å²) in [4.78, 5) is 15.3. The number of halogens is 1. The van der Waals surface area contributed by atoms with Crippen molar-refractivity contribution in [1.82, 2.24) is 10.3 Å². The summed E-state index contributed by atoms with van der Waals surface area (Å²) in [7, 11) is 1.61. The second-order valence-electron chi connectivity index (χ2n) is 3.28. The Labute approximate surface area is 105 Å². The largest absolute Gasteiger partial charge is 0.412 e. The number of methoxy groups -OCH3 is 1. The zero-order valence-electron chi connectivity index (χ0n) is 9.61. The van der Waals surface area contributed by atoms with Crippen molar-refractivity contribution in [3.63, 3.8) is 0 Å². The SMILES string of the molecule is COCCCNC(=O)Oc1ccnc(CCl)c1. The molecule has 5 nitrogen and oxygen atoms in total. The fourth-order valence-corrected chi connectivity index (χ4v) is 1.29. The van der Waals surface area contributed by atoms with Crippen molar-refractivity contribution >= 4 is 17.7 Å². The molecule has 1 amide bonds. The van der Waals surface area contributed by atoms with Crippen LogP contribution < -0.4 is 10.1 Å². The van der Waals surface area contributed by atoms with E-state index in [9.17, 15) is 4.79 Å². The number of carbonyl (C=O) groups excluding carboxylic acids is 1. The zero-order valence-corrected chi connectivity index (χ0v) is 10.4. The van der Waals surface area contributed by atoms with Gasteiger partial charge >= 0.3 is 6.09 Å². The summed E-state index contributed by atoms with van der Waals surface area (Å²) >= 11 is 5.62. The fraction of sp³-hybridized carbons (Fsp3) is 0.455. The number of hydrogen-bond donors (Lipinski definition) is 1. The van der Waals surface area contributed by atoms with Gasteiger partial charge in [-0.3, -0.25) is 4.98 Å². The summed E-state index contributed by atoms with van der Waals surface area (Å²) in [6.07, 6.45) is 1.80. The van der Waals surface area contributed by atoms with Gasteiger partial charge in [0.25, 0.3) is 0 Å². The smallest absolute Gasteiger partial charge is 0.410 e. The average molecular weight is 259 g/mol. The second-order valence-corrected chi connectivity index (χ2v) is 3.55. The Morgan fingerprint density at radius 3 is 3.12 bits per heavy atom. The highest BCUT2D eigenvalue weighted by molar-refractivity contribution is 6.16. The molecule has 0 aromatic carbocycles. The Kier molecular flexibility index (Phi) is 6.35. The number of alkyl halides is 1. The van der Waals surface area contributed by atoms with E-state index < -0.39 is 6.09 Å². The molecule has 0 bridgehead atoms. The molecular weight excluding hydrogens is 244 g/mol. The summed E-state index contributed by atoms with van der Waals surface area (Å²) in [6, 6.07) is 3.23. The first-order valence-electron chi connectivity index (χ1n) is 5.21. The van der Waals surface area contributed by atoms with E-state index in [1.54, 1.807) is 25.4 Å². The molecule has 1 heterocycles. The summed E-state index contributed by atoms with van der Waals surface area (Å²) < 4.78 is 9.90. The number of hydrogen-bond acceptors (Lipinski definition) is 4. The third-order valence-corrected chi connectivity index (χ3v) is 2.20. The minimum absolute atomic E-state index is 0.284. The van der Waals surface area contributed by atoms with Gasteiger partial charge in [0.15, 0.2) is 0 Å². The number of ether oxygens (including phenoxy) is 2. The van der Waals surface area contributed by atoms with Crippen LogP contribution in [0.1, 0.15) is 12.1 Å². The van der Waals surface area contributed by atoms with E-state index in [-0.39, 0.29) is 5.88 Å². The monoisotopic (exact) mass is 258 g/mol. The quantitative estimate of drug-likeness (QED) is 0.626. The van der Waals surface area contributed by atoms with Crippen molar-refractivity contribution in [3.8, 4) is 5.75 Å². The van der Waals surface area contributed by atoms with Gasteiger partial charge in [-0.1, -0.05) is 0 Å². The van der Waals surface area contributed by atoms with Crippen LogP contribution >= 0.6 is 11.6 Å².